The van der Waals surface area contributed by atoms with E-state index in [-0.39, 0.29) is 11.4 Å². The summed E-state index contributed by atoms with van der Waals surface area (Å²) in [7, 11) is 0. The van der Waals surface area contributed by atoms with Crippen molar-refractivity contribution in [3.05, 3.63) is 0 Å². The second kappa shape index (κ2) is 9.34. The molecule has 0 bridgehead atoms. The van der Waals surface area contributed by atoms with E-state index < -0.39 is 0 Å². The fourth-order valence-corrected chi connectivity index (χ4v) is 1.36. The van der Waals surface area contributed by atoms with E-state index in [0.29, 0.717) is 18.9 Å². The van der Waals surface area contributed by atoms with Gasteiger partial charge in [-0.3, -0.25) is 4.79 Å². The Morgan fingerprint density at radius 3 is 2.44 bits per heavy atom. The zero-order chi connectivity index (χ0) is 14.0. The maximum Gasteiger partial charge on any atom is 0.221 e. The van der Waals surface area contributed by atoms with Crippen LogP contribution < -0.4 is 10.6 Å². The topological polar surface area (TPSA) is 50.4 Å². The molecule has 0 aliphatic heterocycles. The van der Waals surface area contributed by atoms with E-state index in [1.165, 1.54) is 0 Å². The molecule has 0 spiro atoms. The van der Waals surface area contributed by atoms with Crippen LogP contribution in [0.4, 0.5) is 0 Å². The largest absolute Gasteiger partial charge is 0.381 e. The van der Waals surface area contributed by atoms with Crippen LogP contribution in [-0.4, -0.2) is 37.7 Å². The monoisotopic (exact) mass is 258 g/mol. The molecular weight excluding hydrogens is 228 g/mol. The predicted molar refractivity (Wildman–Crippen MR) is 75.7 cm³/mol. The van der Waals surface area contributed by atoms with E-state index in [0.717, 1.165) is 26.2 Å². The minimum atomic E-state index is 0.0744. The fourth-order valence-electron chi connectivity index (χ4n) is 1.36. The van der Waals surface area contributed by atoms with Gasteiger partial charge in [0.05, 0.1) is 0 Å². The number of carbonyl (C=O) groups excluding carboxylic acids is 1. The molecule has 0 fully saturated rings. The summed E-state index contributed by atoms with van der Waals surface area (Å²) < 4.78 is 5.44. The molecule has 0 radical (unpaired) electrons. The Kier molecular flexibility index (Phi) is 9.02. The van der Waals surface area contributed by atoms with Crippen LogP contribution in [0.5, 0.6) is 0 Å². The molecule has 0 aromatic carbocycles. The molecule has 108 valence electrons. The van der Waals surface area contributed by atoms with Crippen LogP contribution in [0.15, 0.2) is 0 Å². The maximum atomic E-state index is 11.5. The van der Waals surface area contributed by atoms with Crippen LogP contribution >= 0.6 is 0 Å². The normalized spacial score (nSPS) is 11.9. The van der Waals surface area contributed by atoms with Crippen molar-refractivity contribution in [2.24, 2.45) is 5.92 Å². The van der Waals surface area contributed by atoms with Crippen molar-refractivity contribution in [3.63, 3.8) is 0 Å². The van der Waals surface area contributed by atoms with Crippen molar-refractivity contribution in [2.75, 3.05) is 26.3 Å². The Bertz CT molecular complexity index is 222. The highest BCUT2D eigenvalue weighted by molar-refractivity contribution is 5.75. The predicted octanol–water partition coefficient (Wildman–Crippen LogP) is 1.94. The lowest BCUT2D eigenvalue weighted by Crippen LogP contribution is -2.38. The molecule has 4 nitrogen and oxygen atoms in total. The molecule has 2 N–H and O–H groups in total. The first-order valence-electron chi connectivity index (χ1n) is 6.91. The van der Waals surface area contributed by atoms with Crippen LogP contribution in [0.3, 0.4) is 0 Å². The second-order valence-corrected chi connectivity index (χ2v) is 6.10. The third-order valence-electron chi connectivity index (χ3n) is 2.25. The van der Waals surface area contributed by atoms with E-state index in [1.54, 1.807) is 0 Å². The number of hydrogen-bond donors (Lipinski definition) is 2. The molecule has 0 aliphatic carbocycles. The van der Waals surface area contributed by atoms with Crippen LogP contribution in [0.1, 0.15) is 47.5 Å². The van der Waals surface area contributed by atoms with Gasteiger partial charge in [0.15, 0.2) is 0 Å². The van der Waals surface area contributed by atoms with Gasteiger partial charge in [0.2, 0.25) is 5.91 Å². The zero-order valence-corrected chi connectivity index (χ0v) is 12.6. The van der Waals surface area contributed by atoms with Gasteiger partial charge in [0.1, 0.15) is 0 Å². The van der Waals surface area contributed by atoms with Crippen molar-refractivity contribution in [1.82, 2.24) is 10.6 Å². The average Bonchev–Trinajstić information content (AvgIpc) is 2.20. The zero-order valence-electron chi connectivity index (χ0n) is 12.6. The summed E-state index contributed by atoms with van der Waals surface area (Å²) in [5, 5.41) is 6.19. The number of carbonyl (C=O) groups is 1. The summed E-state index contributed by atoms with van der Waals surface area (Å²) in [6.07, 6.45) is 1.41. The van der Waals surface area contributed by atoms with Crippen molar-refractivity contribution < 1.29 is 9.53 Å². The van der Waals surface area contributed by atoms with Crippen LogP contribution in [-0.2, 0) is 9.53 Å². The van der Waals surface area contributed by atoms with Crippen molar-refractivity contribution >= 4 is 5.91 Å². The Morgan fingerprint density at radius 2 is 1.89 bits per heavy atom. The first-order valence-corrected chi connectivity index (χ1v) is 6.91. The number of rotatable bonds is 9. The first kappa shape index (κ1) is 17.4. The number of ether oxygens (including phenoxy) is 1. The summed E-state index contributed by atoms with van der Waals surface area (Å²) >= 11 is 0. The molecule has 0 aliphatic rings. The highest BCUT2D eigenvalue weighted by Gasteiger charge is 2.09. The van der Waals surface area contributed by atoms with Gasteiger partial charge in [0, 0.05) is 38.3 Å². The maximum absolute atomic E-state index is 11.5. The van der Waals surface area contributed by atoms with Crippen molar-refractivity contribution in [1.29, 1.82) is 0 Å². The molecule has 0 saturated heterocycles. The number of amides is 1. The van der Waals surface area contributed by atoms with Gasteiger partial charge in [-0.15, -0.1) is 0 Å². The lowest BCUT2D eigenvalue weighted by atomic mass is 10.1. The quantitative estimate of drug-likeness (QED) is 0.621. The molecule has 0 heterocycles. The summed E-state index contributed by atoms with van der Waals surface area (Å²) in [5.74, 6) is 0.679. The third kappa shape index (κ3) is 13.5. The third-order valence-corrected chi connectivity index (χ3v) is 2.25. The SMILES string of the molecule is CC(C)COCCCNC(=O)CCNC(C)(C)C. The van der Waals surface area contributed by atoms with E-state index in [1.807, 2.05) is 0 Å². The Labute approximate surface area is 112 Å². The van der Waals surface area contributed by atoms with Crippen LogP contribution in [0, 0.1) is 5.92 Å². The summed E-state index contributed by atoms with van der Waals surface area (Å²) in [5.41, 5.74) is 0.0744. The molecule has 18 heavy (non-hydrogen) atoms. The van der Waals surface area contributed by atoms with Crippen molar-refractivity contribution in [2.45, 2.75) is 53.0 Å². The van der Waals surface area contributed by atoms with Gasteiger partial charge in [-0.05, 0) is 33.1 Å². The molecule has 0 aromatic heterocycles. The van der Waals surface area contributed by atoms with E-state index in [9.17, 15) is 4.79 Å². The van der Waals surface area contributed by atoms with Gasteiger partial charge in [-0.1, -0.05) is 13.8 Å². The molecule has 0 atom stereocenters. The minimum absolute atomic E-state index is 0.0744. The van der Waals surface area contributed by atoms with Crippen LogP contribution in [0.2, 0.25) is 0 Å². The van der Waals surface area contributed by atoms with E-state index in [4.69, 9.17) is 4.74 Å². The van der Waals surface area contributed by atoms with E-state index in [2.05, 4.69) is 45.3 Å². The smallest absolute Gasteiger partial charge is 0.221 e. The lowest BCUT2D eigenvalue weighted by molar-refractivity contribution is -0.121. The minimum Gasteiger partial charge on any atom is -0.381 e. The van der Waals surface area contributed by atoms with Gasteiger partial charge >= 0.3 is 0 Å². The Morgan fingerprint density at radius 1 is 1.22 bits per heavy atom. The lowest BCUT2D eigenvalue weighted by Gasteiger charge is -2.20. The highest BCUT2D eigenvalue weighted by Crippen LogP contribution is 1.97. The summed E-state index contributed by atoms with van der Waals surface area (Å²) in [6.45, 7) is 13.5. The molecule has 0 rings (SSSR count). The first-order chi connectivity index (χ1) is 8.31. The van der Waals surface area contributed by atoms with Gasteiger partial charge in [-0.25, -0.2) is 0 Å². The van der Waals surface area contributed by atoms with Crippen molar-refractivity contribution in [3.8, 4) is 0 Å². The van der Waals surface area contributed by atoms with Crippen LogP contribution in [0.25, 0.3) is 0 Å². The Hall–Kier alpha value is -0.610. The molecule has 0 aromatic rings. The molecule has 4 heteroatoms. The van der Waals surface area contributed by atoms with E-state index >= 15 is 0 Å². The fraction of sp³-hybridized carbons (Fsp3) is 0.929. The Balaban J connectivity index is 3.32. The van der Waals surface area contributed by atoms with Gasteiger partial charge in [0.25, 0.3) is 0 Å². The second-order valence-electron chi connectivity index (χ2n) is 6.10. The number of hydrogen-bond acceptors (Lipinski definition) is 3. The molecular formula is C14H30N2O2. The average molecular weight is 258 g/mol. The number of nitrogens with one attached hydrogen (secondary N) is 2. The van der Waals surface area contributed by atoms with Gasteiger partial charge < -0.3 is 15.4 Å². The molecule has 1 amide bonds. The van der Waals surface area contributed by atoms with Gasteiger partial charge in [-0.2, -0.15) is 0 Å². The highest BCUT2D eigenvalue weighted by atomic mass is 16.5. The molecule has 0 unspecified atom stereocenters. The molecule has 0 saturated carbocycles. The summed E-state index contributed by atoms with van der Waals surface area (Å²) in [4.78, 5) is 11.5. The summed E-state index contributed by atoms with van der Waals surface area (Å²) in [6, 6.07) is 0. The standard InChI is InChI=1S/C14H30N2O2/c1-12(2)11-18-10-6-8-15-13(17)7-9-16-14(3,4)5/h12,16H,6-11H2,1-5H3,(H,15,17).